The number of nitrogens with zero attached hydrogens (tertiary/aromatic N) is 2. The number of rotatable bonds is 3. The van der Waals surface area contributed by atoms with Gasteiger partial charge in [0.25, 0.3) is 0 Å². The summed E-state index contributed by atoms with van der Waals surface area (Å²) in [5.74, 6) is 1.08. The smallest absolute Gasteiger partial charge is 0.246 e. The van der Waals surface area contributed by atoms with Crippen LogP contribution in [0.1, 0.15) is 24.0 Å². The van der Waals surface area contributed by atoms with Crippen LogP contribution >= 0.6 is 11.8 Å². The zero-order valence-electron chi connectivity index (χ0n) is 14.4. The molecule has 0 aliphatic carbocycles. The Morgan fingerprint density at radius 2 is 2.08 bits per heavy atom. The number of hydrogen-bond donors (Lipinski definition) is 0. The van der Waals surface area contributed by atoms with Gasteiger partial charge < -0.3 is 19.3 Å². The van der Waals surface area contributed by atoms with E-state index in [0.717, 1.165) is 25.9 Å². The zero-order chi connectivity index (χ0) is 18.1. The maximum atomic E-state index is 13.9. The van der Waals surface area contributed by atoms with Crippen molar-refractivity contribution >= 4 is 23.6 Å². The molecule has 0 aromatic heterocycles. The second-order valence-electron chi connectivity index (χ2n) is 6.75. The topological polar surface area (TPSA) is 59.1 Å². The molecule has 26 heavy (non-hydrogen) atoms. The Labute approximate surface area is 155 Å². The van der Waals surface area contributed by atoms with E-state index in [-0.39, 0.29) is 31.6 Å². The summed E-state index contributed by atoms with van der Waals surface area (Å²) in [6.45, 7) is 1.90. The maximum absolute atomic E-state index is 13.9. The summed E-state index contributed by atoms with van der Waals surface area (Å²) in [5.41, 5.74) is 1.12. The number of halogens is 1. The van der Waals surface area contributed by atoms with Gasteiger partial charge in [-0.1, -0.05) is 0 Å². The lowest BCUT2D eigenvalue weighted by Crippen LogP contribution is -2.48. The second-order valence-corrected chi connectivity index (χ2v) is 7.75. The van der Waals surface area contributed by atoms with Crippen molar-refractivity contribution in [2.45, 2.75) is 31.9 Å². The Hall–Kier alpha value is -1.80. The van der Waals surface area contributed by atoms with Gasteiger partial charge >= 0.3 is 0 Å². The van der Waals surface area contributed by atoms with Crippen LogP contribution in [0.25, 0.3) is 0 Å². The van der Waals surface area contributed by atoms with Crippen LogP contribution in [0.5, 0.6) is 5.75 Å². The minimum Gasteiger partial charge on any atom is -0.467 e. The summed E-state index contributed by atoms with van der Waals surface area (Å²) in [5, 5.41) is 0. The Balaban J connectivity index is 1.51. The lowest BCUT2D eigenvalue weighted by molar-refractivity contribution is -0.142. The van der Waals surface area contributed by atoms with Crippen molar-refractivity contribution in [1.82, 2.24) is 9.80 Å². The summed E-state index contributed by atoms with van der Waals surface area (Å²) in [6.07, 6.45) is 2.06. The molecule has 1 unspecified atom stereocenters. The van der Waals surface area contributed by atoms with Crippen LogP contribution in [0, 0.1) is 5.82 Å². The minimum atomic E-state index is -0.417. The van der Waals surface area contributed by atoms with Crippen molar-refractivity contribution in [2.75, 3.05) is 31.5 Å². The molecule has 1 aromatic carbocycles. The summed E-state index contributed by atoms with van der Waals surface area (Å²) in [7, 11) is 0. The number of thioether (sulfide) groups is 1. The van der Waals surface area contributed by atoms with E-state index < -0.39 is 11.9 Å². The lowest BCUT2D eigenvalue weighted by Gasteiger charge is -2.27. The summed E-state index contributed by atoms with van der Waals surface area (Å²) >= 11 is 1.58. The molecule has 0 radical (unpaired) electrons. The minimum absolute atomic E-state index is 0.0183. The van der Waals surface area contributed by atoms with Crippen LogP contribution in [0.4, 0.5) is 4.39 Å². The van der Waals surface area contributed by atoms with Gasteiger partial charge in [0.05, 0.1) is 18.9 Å². The van der Waals surface area contributed by atoms with E-state index in [2.05, 4.69) is 0 Å². The van der Waals surface area contributed by atoms with E-state index >= 15 is 0 Å². The number of carbonyl (C=O) groups is 2. The molecule has 0 saturated carbocycles. The molecular formula is C18H21FN2O4S. The Morgan fingerprint density at radius 1 is 1.27 bits per heavy atom. The van der Waals surface area contributed by atoms with Crippen molar-refractivity contribution in [2.24, 2.45) is 0 Å². The number of amides is 2. The average molecular weight is 380 g/mol. The first-order chi connectivity index (χ1) is 12.6. The highest BCUT2D eigenvalue weighted by Gasteiger charge is 2.38. The predicted octanol–water partition coefficient (Wildman–Crippen LogP) is 1.76. The summed E-state index contributed by atoms with van der Waals surface area (Å²) in [6, 6.07) is 2.29. The molecule has 0 spiro atoms. The van der Waals surface area contributed by atoms with Gasteiger partial charge in [0.2, 0.25) is 11.8 Å². The normalized spacial score (nSPS) is 22.3. The first kappa shape index (κ1) is 17.6. The largest absolute Gasteiger partial charge is 0.467 e. The molecule has 0 N–H and O–H groups in total. The SMILES string of the molecule is O=C(C1CSCN1C(=O)Cc1cc(F)cc2c1OCOC2)N1CCCC1. The van der Waals surface area contributed by atoms with E-state index in [1.54, 1.807) is 16.7 Å². The zero-order valence-corrected chi connectivity index (χ0v) is 15.2. The number of ether oxygens (including phenoxy) is 2. The first-order valence-electron chi connectivity index (χ1n) is 8.81. The van der Waals surface area contributed by atoms with E-state index in [1.165, 1.54) is 12.1 Å². The molecule has 8 heteroatoms. The van der Waals surface area contributed by atoms with Gasteiger partial charge in [0.15, 0.2) is 6.79 Å². The standard InChI is InChI=1S/C18H21FN2O4S/c19-14-5-12(17-13(6-14)8-24-11-25-17)7-16(22)21-10-26-9-15(21)18(23)20-3-1-2-4-20/h5-6,15H,1-4,7-11H2. The fourth-order valence-corrected chi connectivity index (χ4v) is 4.87. The molecule has 2 fully saturated rings. The molecule has 4 rings (SSSR count). The van der Waals surface area contributed by atoms with E-state index in [9.17, 15) is 14.0 Å². The van der Waals surface area contributed by atoms with Crippen LogP contribution in [0.3, 0.4) is 0 Å². The summed E-state index contributed by atoms with van der Waals surface area (Å²) in [4.78, 5) is 29.1. The van der Waals surface area contributed by atoms with Gasteiger partial charge in [-0.05, 0) is 25.0 Å². The highest BCUT2D eigenvalue weighted by atomic mass is 32.2. The number of hydrogen-bond acceptors (Lipinski definition) is 5. The molecule has 1 atom stereocenters. The van der Waals surface area contributed by atoms with Crippen molar-refractivity contribution in [3.05, 3.63) is 29.1 Å². The lowest BCUT2D eigenvalue weighted by atomic mass is 10.0. The van der Waals surface area contributed by atoms with Gasteiger partial charge in [-0.3, -0.25) is 9.59 Å². The first-order valence-corrected chi connectivity index (χ1v) is 9.97. The fourth-order valence-electron chi connectivity index (χ4n) is 3.69. The Morgan fingerprint density at radius 3 is 2.88 bits per heavy atom. The molecule has 2 saturated heterocycles. The summed E-state index contributed by atoms with van der Waals surface area (Å²) < 4.78 is 24.6. The van der Waals surface area contributed by atoms with Crippen LogP contribution in [0.2, 0.25) is 0 Å². The van der Waals surface area contributed by atoms with Gasteiger partial charge in [0.1, 0.15) is 17.6 Å². The quantitative estimate of drug-likeness (QED) is 0.800. The highest BCUT2D eigenvalue weighted by molar-refractivity contribution is 7.99. The van der Waals surface area contributed by atoms with Gasteiger partial charge in [-0.25, -0.2) is 4.39 Å². The molecule has 3 aliphatic rings. The second kappa shape index (κ2) is 7.44. The average Bonchev–Trinajstić information content (AvgIpc) is 3.33. The van der Waals surface area contributed by atoms with Crippen LogP contribution in [-0.4, -0.2) is 59.2 Å². The molecule has 140 valence electrons. The third-order valence-electron chi connectivity index (χ3n) is 5.00. The number of benzene rings is 1. The van der Waals surface area contributed by atoms with Crippen LogP contribution in [0.15, 0.2) is 12.1 Å². The molecule has 0 bridgehead atoms. The molecule has 1 aromatic rings. The molecule has 3 aliphatic heterocycles. The molecule has 6 nitrogen and oxygen atoms in total. The highest BCUT2D eigenvalue weighted by Crippen LogP contribution is 2.31. The van der Waals surface area contributed by atoms with E-state index in [4.69, 9.17) is 9.47 Å². The van der Waals surface area contributed by atoms with Gasteiger partial charge in [0, 0.05) is 30.0 Å². The molecule has 2 amide bonds. The predicted molar refractivity (Wildman–Crippen MR) is 94.2 cm³/mol. The number of fused-ring (bicyclic) bond motifs is 1. The van der Waals surface area contributed by atoms with E-state index in [1.807, 2.05) is 4.90 Å². The van der Waals surface area contributed by atoms with Gasteiger partial charge in [-0.2, -0.15) is 0 Å². The van der Waals surface area contributed by atoms with Crippen molar-refractivity contribution in [1.29, 1.82) is 0 Å². The maximum Gasteiger partial charge on any atom is 0.246 e. The van der Waals surface area contributed by atoms with E-state index in [0.29, 0.717) is 28.5 Å². The number of likely N-dealkylation sites (tertiary alicyclic amines) is 1. The number of carbonyl (C=O) groups excluding carboxylic acids is 2. The monoisotopic (exact) mass is 380 g/mol. The molecular weight excluding hydrogens is 359 g/mol. The van der Waals surface area contributed by atoms with Crippen LogP contribution in [-0.2, 0) is 27.4 Å². The Bertz CT molecular complexity index is 723. The molecule has 3 heterocycles. The third kappa shape index (κ3) is 3.40. The Kier molecular flexibility index (Phi) is 5.04. The fraction of sp³-hybridized carbons (Fsp3) is 0.556. The van der Waals surface area contributed by atoms with Gasteiger partial charge in [-0.15, -0.1) is 11.8 Å². The van der Waals surface area contributed by atoms with Crippen LogP contribution < -0.4 is 4.74 Å². The van der Waals surface area contributed by atoms with Crippen molar-refractivity contribution in [3.63, 3.8) is 0 Å². The van der Waals surface area contributed by atoms with Crippen molar-refractivity contribution < 1.29 is 23.5 Å². The van der Waals surface area contributed by atoms with Crippen molar-refractivity contribution in [3.8, 4) is 5.75 Å². The third-order valence-corrected chi connectivity index (χ3v) is 6.01.